The van der Waals surface area contributed by atoms with Gasteiger partial charge in [-0.15, -0.1) is 0 Å². The molecule has 0 heterocycles. The van der Waals surface area contributed by atoms with Gasteiger partial charge in [-0.25, -0.2) is 4.79 Å². The summed E-state index contributed by atoms with van der Waals surface area (Å²) in [4.78, 5) is 23.8. The van der Waals surface area contributed by atoms with Crippen LogP contribution in [0.1, 0.15) is 40.5 Å². The molecule has 0 atom stereocenters. The van der Waals surface area contributed by atoms with E-state index in [0.29, 0.717) is 19.1 Å². The number of hydrogen-bond acceptors (Lipinski definition) is 4. The summed E-state index contributed by atoms with van der Waals surface area (Å²) in [6.07, 6.45) is 4.14. The number of urea groups is 1. The molecule has 0 bridgehead atoms. The molecule has 1 fully saturated rings. The first-order valence-electron chi connectivity index (χ1n) is 11.9. The van der Waals surface area contributed by atoms with E-state index in [1.54, 1.807) is 0 Å². The van der Waals surface area contributed by atoms with Crippen LogP contribution in [0.5, 0.6) is 0 Å². The summed E-state index contributed by atoms with van der Waals surface area (Å²) in [5.74, 6) is -0.141. The second-order valence-electron chi connectivity index (χ2n) is 9.73. The molecule has 2 aromatic rings. The van der Waals surface area contributed by atoms with Crippen LogP contribution in [-0.4, -0.2) is 39.5 Å². The van der Waals surface area contributed by atoms with Gasteiger partial charge in [0.05, 0.1) is 12.9 Å². The van der Waals surface area contributed by atoms with Crippen LogP contribution in [0.15, 0.2) is 73.0 Å². The summed E-state index contributed by atoms with van der Waals surface area (Å²) in [6, 6.07) is 20.7. The third-order valence-corrected chi connectivity index (χ3v) is 11.2. The van der Waals surface area contributed by atoms with Crippen LogP contribution in [0, 0.1) is 5.92 Å². The van der Waals surface area contributed by atoms with Gasteiger partial charge in [0.2, 0.25) is 0 Å². The lowest BCUT2D eigenvalue weighted by molar-refractivity contribution is -0.115. The largest absolute Gasteiger partial charge is 0.501 e. The van der Waals surface area contributed by atoms with Gasteiger partial charge in [-0.2, -0.15) is 0 Å². The van der Waals surface area contributed by atoms with E-state index in [9.17, 15) is 9.59 Å². The topological polar surface area (TPSA) is 76.7 Å². The fraction of sp³-hybridized carbons (Fsp3) is 0.407. The maximum atomic E-state index is 12.1. The third-order valence-electron chi connectivity index (χ3n) is 6.24. The predicted molar refractivity (Wildman–Crippen MR) is 138 cm³/mol. The Morgan fingerprint density at radius 1 is 1.00 bits per heavy atom. The Bertz CT molecular complexity index is 928. The number of amides is 3. The van der Waals surface area contributed by atoms with Crippen molar-refractivity contribution in [2.45, 2.75) is 51.6 Å². The van der Waals surface area contributed by atoms with Crippen LogP contribution >= 0.6 is 0 Å². The summed E-state index contributed by atoms with van der Waals surface area (Å²) >= 11 is 0. The molecule has 2 aromatic carbocycles. The van der Waals surface area contributed by atoms with Gasteiger partial charge in [-0.3, -0.25) is 10.1 Å². The van der Waals surface area contributed by atoms with Gasteiger partial charge in [0.25, 0.3) is 14.2 Å². The van der Waals surface area contributed by atoms with E-state index in [1.165, 1.54) is 22.7 Å². The second kappa shape index (κ2) is 11.5. The zero-order chi connectivity index (χ0) is 24.6. The number of rotatable bonds is 9. The van der Waals surface area contributed by atoms with Crippen LogP contribution < -0.4 is 21.0 Å². The molecule has 34 heavy (non-hydrogen) atoms. The Kier molecular flexibility index (Phi) is 8.69. The first-order valence-corrected chi connectivity index (χ1v) is 13.8. The van der Waals surface area contributed by atoms with E-state index in [4.69, 9.17) is 9.16 Å². The maximum absolute atomic E-state index is 12.1. The zero-order valence-corrected chi connectivity index (χ0v) is 21.5. The lowest BCUT2D eigenvalue weighted by Crippen LogP contribution is -2.67. The highest BCUT2D eigenvalue weighted by atomic mass is 28.4. The SMILES string of the molecule is CCOC=CC(=O)NC(=O)NC1CC(CO[Si](c2ccccc2)(c2ccccc2)C(C)(C)C)C1. The highest BCUT2D eigenvalue weighted by Gasteiger charge is 2.50. The number of nitrogens with one attached hydrogen (secondary N) is 2. The van der Waals surface area contributed by atoms with Gasteiger partial charge in [-0.1, -0.05) is 81.4 Å². The van der Waals surface area contributed by atoms with E-state index in [1.807, 2.05) is 19.1 Å². The summed E-state index contributed by atoms with van der Waals surface area (Å²) in [6.45, 7) is 9.74. The van der Waals surface area contributed by atoms with Crippen molar-refractivity contribution in [1.29, 1.82) is 0 Å². The number of hydrogen-bond donors (Lipinski definition) is 2. The molecule has 1 aliphatic rings. The van der Waals surface area contributed by atoms with Crippen molar-refractivity contribution in [3.8, 4) is 0 Å². The van der Waals surface area contributed by atoms with Crippen LogP contribution in [0.2, 0.25) is 5.04 Å². The molecule has 0 radical (unpaired) electrons. The van der Waals surface area contributed by atoms with Crippen molar-refractivity contribution >= 4 is 30.6 Å². The molecule has 0 aliphatic heterocycles. The number of ether oxygens (including phenoxy) is 1. The summed E-state index contributed by atoms with van der Waals surface area (Å²) in [5, 5.41) is 7.63. The average molecular weight is 481 g/mol. The molecule has 7 heteroatoms. The Morgan fingerprint density at radius 3 is 2.06 bits per heavy atom. The van der Waals surface area contributed by atoms with Gasteiger partial charge in [-0.05, 0) is 41.1 Å². The molecule has 0 unspecified atom stereocenters. The Hall–Kier alpha value is -2.90. The molecule has 0 spiro atoms. The molecule has 3 rings (SSSR count). The predicted octanol–water partition coefficient (Wildman–Crippen LogP) is 3.72. The van der Waals surface area contributed by atoms with Crippen molar-refractivity contribution in [1.82, 2.24) is 10.6 Å². The third kappa shape index (κ3) is 6.15. The monoisotopic (exact) mass is 480 g/mol. The zero-order valence-electron chi connectivity index (χ0n) is 20.5. The number of carbonyl (C=O) groups excluding carboxylic acids is 2. The van der Waals surface area contributed by atoms with Crippen molar-refractivity contribution < 1.29 is 18.8 Å². The first-order chi connectivity index (χ1) is 16.3. The van der Waals surface area contributed by atoms with Gasteiger partial charge in [0, 0.05) is 18.7 Å². The van der Waals surface area contributed by atoms with Gasteiger partial charge >= 0.3 is 6.03 Å². The Balaban J connectivity index is 1.62. The quantitative estimate of drug-likeness (QED) is 0.326. The van der Waals surface area contributed by atoms with Crippen LogP contribution in [0.25, 0.3) is 0 Å². The van der Waals surface area contributed by atoms with Crippen molar-refractivity contribution in [2.24, 2.45) is 5.92 Å². The molecular formula is C27H36N2O4Si. The maximum Gasteiger partial charge on any atom is 0.321 e. The molecule has 182 valence electrons. The van der Waals surface area contributed by atoms with Crippen molar-refractivity contribution in [3.63, 3.8) is 0 Å². The van der Waals surface area contributed by atoms with E-state index in [2.05, 4.69) is 79.9 Å². The molecule has 1 aliphatic carbocycles. The highest BCUT2D eigenvalue weighted by molar-refractivity contribution is 6.99. The van der Waals surface area contributed by atoms with Gasteiger partial charge in [0.15, 0.2) is 0 Å². The molecule has 2 N–H and O–H groups in total. The van der Waals surface area contributed by atoms with Crippen LogP contribution in [-0.2, 0) is 14.0 Å². The van der Waals surface area contributed by atoms with Crippen molar-refractivity contribution in [3.05, 3.63) is 73.0 Å². The molecule has 1 saturated carbocycles. The smallest absolute Gasteiger partial charge is 0.321 e. The van der Waals surface area contributed by atoms with E-state index >= 15 is 0 Å². The summed E-state index contributed by atoms with van der Waals surface area (Å²) in [7, 11) is -2.55. The van der Waals surface area contributed by atoms with E-state index in [0.717, 1.165) is 12.8 Å². The fourth-order valence-corrected chi connectivity index (χ4v) is 9.22. The van der Waals surface area contributed by atoms with Gasteiger partial charge in [0.1, 0.15) is 0 Å². The molecule has 3 amide bonds. The van der Waals surface area contributed by atoms with Gasteiger partial charge < -0.3 is 14.5 Å². The fourth-order valence-electron chi connectivity index (χ4n) is 4.58. The number of benzene rings is 2. The molecular weight excluding hydrogens is 444 g/mol. The highest BCUT2D eigenvalue weighted by Crippen LogP contribution is 2.38. The minimum Gasteiger partial charge on any atom is -0.501 e. The minimum atomic E-state index is -2.55. The lowest BCUT2D eigenvalue weighted by atomic mass is 9.81. The minimum absolute atomic E-state index is 0.0384. The van der Waals surface area contributed by atoms with Crippen LogP contribution in [0.3, 0.4) is 0 Å². The number of carbonyl (C=O) groups is 2. The normalized spacial score (nSPS) is 18.2. The van der Waals surface area contributed by atoms with E-state index in [-0.39, 0.29) is 11.1 Å². The molecule has 0 saturated heterocycles. The summed E-state index contributed by atoms with van der Waals surface area (Å²) < 4.78 is 11.9. The number of imide groups is 1. The molecule has 6 nitrogen and oxygen atoms in total. The average Bonchev–Trinajstić information content (AvgIpc) is 2.78. The van der Waals surface area contributed by atoms with Crippen LogP contribution in [0.4, 0.5) is 4.79 Å². The summed E-state index contributed by atoms with van der Waals surface area (Å²) in [5.41, 5.74) is 0. The second-order valence-corrected chi connectivity index (χ2v) is 14.0. The lowest BCUT2D eigenvalue weighted by Gasteiger charge is -2.45. The first kappa shape index (κ1) is 25.7. The molecule has 0 aromatic heterocycles. The van der Waals surface area contributed by atoms with E-state index < -0.39 is 20.3 Å². The Labute approximate surface area is 203 Å². The Morgan fingerprint density at radius 2 is 1.56 bits per heavy atom. The standard InChI is InChI=1S/C27H36N2O4Si/c1-5-32-17-16-25(30)29-26(31)28-22-18-21(19-22)20-33-34(27(2,3)4,23-12-8-6-9-13-23)24-14-10-7-11-15-24/h6-17,21-22H,5,18-20H2,1-4H3,(H2,28,29,30,31). The van der Waals surface area contributed by atoms with Crippen molar-refractivity contribution in [2.75, 3.05) is 13.2 Å².